The fraction of sp³-hybridized carbons (Fsp3) is 0.629. The Morgan fingerprint density at radius 3 is 1.23 bits per heavy atom. The summed E-state index contributed by atoms with van der Waals surface area (Å²) in [6.45, 7) is 4.55. The number of esters is 2. The first-order chi connectivity index (χ1) is 34.6. The van der Waals surface area contributed by atoms with Crippen molar-refractivity contribution in [3.63, 3.8) is 0 Å². The number of carboxylic acids is 1. The van der Waals surface area contributed by atoms with Crippen LogP contribution in [0.4, 0.5) is 0 Å². The van der Waals surface area contributed by atoms with Crippen LogP contribution in [0.3, 0.4) is 0 Å². The molecule has 0 aliphatic heterocycles. The molecular formula is C62H101NO8. The van der Waals surface area contributed by atoms with Gasteiger partial charge in [-0.1, -0.05) is 193 Å². The molecule has 402 valence electrons. The quantitative estimate of drug-likeness (QED) is 0.0195. The molecule has 0 aromatic carbocycles. The van der Waals surface area contributed by atoms with Crippen LogP contribution in [0.25, 0.3) is 0 Å². The molecule has 9 nitrogen and oxygen atoms in total. The van der Waals surface area contributed by atoms with Gasteiger partial charge in [-0.3, -0.25) is 9.59 Å². The third-order valence-electron chi connectivity index (χ3n) is 11.2. The number of carboxylic acid groups (broad SMARTS) is 1. The highest BCUT2D eigenvalue weighted by Gasteiger charge is 2.21. The van der Waals surface area contributed by atoms with E-state index in [2.05, 4.69) is 135 Å². The van der Waals surface area contributed by atoms with Crippen molar-refractivity contribution in [3.8, 4) is 0 Å². The first-order valence-electron chi connectivity index (χ1n) is 27.7. The van der Waals surface area contributed by atoms with Gasteiger partial charge in [0.1, 0.15) is 13.2 Å². The summed E-state index contributed by atoms with van der Waals surface area (Å²) in [4.78, 5) is 37.2. The Bertz CT molecular complexity index is 1570. The summed E-state index contributed by atoms with van der Waals surface area (Å²) < 4.78 is 22.6. The van der Waals surface area contributed by atoms with Crippen molar-refractivity contribution in [3.05, 3.63) is 122 Å². The van der Waals surface area contributed by atoms with Gasteiger partial charge in [-0.15, -0.1) is 0 Å². The molecule has 0 heterocycles. The highest BCUT2D eigenvalue weighted by atomic mass is 16.7. The van der Waals surface area contributed by atoms with Crippen LogP contribution in [0.1, 0.15) is 194 Å². The monoisotopic (exact) mass is 988 g/mol. The van der Waals surface area contributed by atoms with Gasteiger partial charge in [0.05, 0.1) is 40.3 Å². The van der Waals surface area contributed by atoms with Crippen molar-refractivity contribution in [2.75, 3.05) is 47.5 Å². The molecule has 0 aliphatic rings. The van der Waals surface area contributed by atoms with E-state index >= 15 is 0 Å². The molecule has 2 unspecified atom stereocenters. The highest BCUT2D eigenvalue weighted by Crippen LogP contribution is 2.12. The second kappa shape index (κ2) is 52.0. The molecule has 0 N–H and O–H groups in total. The SMILES string of the molecule is CC/C=C\C/C=C\C/C=C\C/C=C\C/C=C\C/C=C\C/C=C\C/C=C\C/C=C\CCCCCC(=O)OC(COC(=O)CCCCCCC/C=C\CCCCCCCC)COC(OCC[N+](C)(C)C)C(=O)[O-]. The number of nitrogens with zero attached hydrogens (tertiary/aromatic N) is 1. The molecule has 0 spiro atoms. The molecular weight excluding hydrogens is 887 g/mol. The molecule has 0 aromatic rings. The zero-order valence-electron chi connectivity index (χ0n) is 45.5. The number of ether oxygens (including phenoxy) is 4. The Kier molecular flexibility index (Phi) is 48.9. The number of hydrogen-bond acceptors (Lipinski definition) is 8. The number of hydrogen-bond donors (Lipinski definition) is 0. The molecule has 0 amide bonds. The topological polar surface area (TPSA) is 111 Å². The summed E-state index contributed by atoms with van der Waals surface area (Å²) >= 11 is 0. The maximum Gasteiger partial charge on any atom is 0.306 e. The average molecular weight is 988 g/mol. The molecule has 71 heavy (non-hydrogen) atoms. The summed E-state index contributed by atoms with van der Waals surface area (Å²) in [6, 6.07) is 0. The van der Waals surface area contributed by atoms with E-state index in [-0.39, 0.29) is 38.6 Å². The molecule has 9 heteroatoms. The van der Waals surface area contributed by atoms with E-state index in [4.69, 9.17) is 18.9 Å². The smallest absolute Gasteiger partial charge is 0.306 e. The number of unbranched alkanes of at least 4 members (excludes halogenated alkanes) is 14. The average Bonchev–Trinajstić information content (AvgIpc) is 3.34. The van der Waals surface area contributed by atoms with Crippen molar-refractivity contribution >= 4 is 17.9 Å². The van der Waals surface area contributed by atoms with Crippen LogP contribution >= 0.6 is 0 Å². The molecule has 0 saturated heterocycles. The lowest BCUT2D eigenvalue weighted by atomic mass is 10.1. The van der Waals surface area contributed by atoms with Crippen molar-refractivity contribution in [2.24, 2.45) is 0 Å². The van der Waals surface area contributed by atoms with Crippen molar-refractivity contribution in [1.29, 1.82) is 0 Å². The summed E-state index contributed by atoms with van der Waals surface area (Å²) in [5.41, 5.74) is 0. The Morgan fingerprint density at radius 2 is 0.803 bits per heavy atom. The second-order valence-corrected chi connectivity index (χ2v) is 19.1. The van der Waals surface area contributed by atoms with Crippen LogP contribution in [0.5, 0.6) is 0 Å². The predicted molar refractivity (Wildman–Crippen MR) is 296 cm³/mol. The van der Waals surface area contributed by atoms with Crippen LogP contribution < -0.4 is 5.11 Å². The summed E-state index contributed by atoms with van der Waals surface area (Å²) in [5.74, 6) is -2.36. The lowest BCUT2D eigenvalue weighted by molar-refractivity contribution is -0.870. The van der Waals surface area contributed by atoms with Crippen molar-refractivity contribution in [2.45, 2.75) is 206 Å². The largest absolute Gasteiger partial charge is 0.545 e. The van der Waals surface area contributed by atoms with E-state index < -0.39 is 24.3 Å². The van der Waals surface area contributed by atoms with Crippen LogP contribution in [0.15, 0.2) is 122 Å². The van der Waals surface area contributed by atoms with Crippen molar-refractivity contribution < 1.29 is 42.9 Å². The lowest BCUT2D eigenvalue weighted by Gasteiger charge is -2.26. The Balaban J connectivity index is 4.38. The van der Waals surface area contributed by atoms with Gasteiger partial charge >= 0.3 is 11.9 Å². The van der Waals surface area contributed by atoms with E-state index in [1.165, 1.54) is 44.9 Å². The molecule has 0 fully saturated rings. The first kappa shape index (κ1) is 66.7. The van der Waals surface area contributed by atoms with Gasteiger partial charge in [-0.2, -0.15) is 0 Å². The number of carbonyl (C=O) groups is 3. The summed E-state index contributed by atoms with van der Waals surface area (Å²) in [6.07, 6.45) is 69.6. The first-order valence-corrected chi connectivity index (χ1v) is 27.7. The van der Waals surface area contributed by atoms with Gasteiger partial charge in [-0.05, 0) is 109 Å². The Labute approximate surface area is 434 Å². The maximum atomic E-state index is 12.8. The molecule has 0 aliphatic carbocycles. The normalized spacial score (nSPS) is 13.8. The minimum Gasteiger partial charge on any atom is -0.545 e. The number of rotatable bonds is 49. The summed E-state index contributed by atoms with van der Waals surface area (Å²) in [5, 5.41) is 11.7. The molecule has 2 atom stereocenters. The molecule has 0 rings (SSSR count). The zero-order chi connectivity index (χ0) is 52.0. The van der Waals surface area contributed by atoms with Gasteiger partial charge in [0.25, 0.3) is 0 Å². The van der Waals surface area contributed by atoms with Gasteiger partial charge in [0, 0.05) is 12.8 Å². The third kappa shape index (κ3) is 53.3. The van der Waals surface area contributed by atoms with Gasteiger partial charge in [-0.25, -0.2) is 0 Å². The van der Waals surface area contributed by atoms with Crippen LogP contribution in [0, 0.1) is 0 Å². The summed E-state index contributed by atoms with van der Waals surface area (Å²) in [7, 11) is 5.89. The highest BCUT2D eigenvalue weighted by molar-refractivity contribution is 5.70. The van der Waals surface area contributed by atoms with E-state index in [9.17, 15) is 19.5 Å². The minimum absolute atomic E-state index is 0.133. The zero-order valence-corrected chi connectivity index (χ0v) is 45.5. The fourth-order valence-corrected chi connectivity index (χ4v) is 6.93. The van der Waals surface area contributed by atoms with E-state index in [0.29, 0.717) is 17.4 Å². The number of allylic oxidation sites excluding steroid dienone is 20. The molecule has 0 radical (unpaired) electrons. The number of aliphatic carboxylic acids is 1. The van der Waals surface area contributed by atoms with Crippen LogP contribution in [-0.4, -0.2) is 82.3 Å². The van der Waals surface area contributed by atoms with Gasteiger partial charge in [0.15, 0.2) is 12.4 Å². The second-order valence-electron chi connectivity index (χ2n) is 19.1. The van der Waals surface area contributed by atoms with Crippen molar-refractivity contribution in [1.82, 2.24) is 0 Å². The Hall–Kier alpha value is -4.31. The fourth-order valence-electron chi connectivity index (χ4n) is 6.93. The Morgan fingerprint density at radius 1 is 0.437 bits per heavy atom. The van der Waals surface area contributed by atoms with Gasteiger partial charge < -0.3 is 33.3 Å². The van der Waals surface area contributed by atoms with Gasteiger partial charge in [0.2, 0.25) is 0 Å². The van der Waals surface area contributed by atoms with E-state index in [1.54, 1.807) is 0 Å². The number of likely N-dealkylation sites (N-methyl/N-ethyl adjacent to an activating group) is 1. The maximum absolute atomic E-state index is 12.8. The van der Waals surface area contributed by atoms with E-state index in [1.807, 2.05) is 21.1 Å². The minimum atomic E-state index is -1.64. The molecule has 0 aromatic heterocycles. The predicted octanol–water partition coefficient (Wildman–Crippen LogP) is 14.8. The van der Waals surface area contributed by atoms with Crippen LogP contribution in [-0.2, 0) is 33.3 Å². The van der Waals surface area contributed by atoms with E-state index in [0.717, 1.165) is 116 Å². The lowest BCUT2D eigenvalue weighted by Crippen LogP contribution is -2.44. The third-order valence-corrected chi connectivity index (χ3v) is 11.2. The number of quaternary nitrogens is 1. The molecule has 0 bridgehead atoms. The standard InChI is InChI=1S/C62H101NO8/c1-6-8-10-12-14-16-18-20-22-23-24-25-26-27-28-29-30-31-32-33-34-35-36-37-39-41-43-45-47-49-51-53-60(65)71-58(57-70-62(61(66)67)68-55-54-63(3,4)5)56-69-59(64)52-50-48-46-44-42-40-38-21-19-17-15-13-11-9-7-2/h8,10,14,16,20-22,24-25,27-28,30-31,33-34,36-38,41,43,58,62H,6-7,9,11-13,15,17-19,23,26,29,32,35,39-40,42,44-57H2,1-5H3/b10-8-,16-14-,22-20-,25-24-,28-27-,31-30-,34-33-,37-36-,38-21-,43-41-. The molecule has 0 saturated carbocycles. The van der Waals surface area contributed by atoms with Crippen LogP contribution in [0.2, 0.25) is 0 Å². The number of carbonyl (C=O) groups excluding carboxylic acids is 3.